The maximum atomic E-state index is 11.3. The van der Waals surface area contributed by atoms with Gasteiger partial charge in [0.1, 0.15) is 11.4 Å². The van der Waals surface area contributed by atoms with Crippen molar-refractivity contribution >= 4 is 35.0 Å². The fraction of sp³-hybridized carbons (Fsp3) is 0.0714. The molecule has 0 radical (unpaired) electrons. The number of carbonyl (C=O) groups is 1. The Labute approximate surface area is 125 Å². The number of anilines is 1. The molecule has 0 spiro atoms. The number of nitrogens with one attached hydrogen (secondary N) is 1. The van der Waals surface area contributed by atoms with Gasteiger partial charge < -0.3 is 5.32 Å². The Balaban J connectivity index is 2.10. The average Bonchev–Trinajstić information content (AvgIpc) is 2.43. The first kappa shape index (κ1) is 14.4. The Hall–Kier alpha value is -2.03. The lowest BCUT2D eigenvalue weighted by molar-refractivity contribution is -0.115. The SMILES string of the molecule is N#CCC(=O)Nc1ccc(Sc2ccccn2)c(Cl)c1. The first-order valence-electron chi connectivity index (χ1n) is 5.74. The van der Waals surface area contributed by atoms with Crippen LogP contribution in [-0.4, -0.2) is 10.9 Å². The number of benzene rings is 1. The highest BCUT2D eigenvalue weighted by Crippen LogP contribution is 2.33. The van der Waals surface area contributed by atoms with Crippen molar-refractivity contribution < 1.29 is 4.79 Å². The minimum atomic E-state index is -0.353. The fourth-order valence-corrected chi connectivity index (χ4v) is 2.53. The molecular formula is C14H10ClN3OS. The topological polar surface area (TPSA) is 65.8 Å². The summed E-state index contributed by atoms with van der Waals surface area (Å²) in [6.45, 7) is 0. The third kappa shape index (κ3) is 3.98. The van der Waals surface area contributed by atoms with Gasteiger partial charge in [0.25, 0.3) is 0 Å². The number of nitrogens with zero attached hydrogens (tertiary/aromatic N) is 2. The molecule has 2 rings (SSSR count). The van der Waals surface area contributed by atoms with E-state index in [4.69, 9.17) is 16.9 Å². The van der Waals surface area contributed by atoms with Crippen molar-refractivity contribution in [1.29, 1.82) is 5.26 Å². The summed E-state index contributed by atoms with van der Waals surface area (Å²) in [5.41, 5.74) is 0.570. The van der Waals surface area contributed by atoms with Crippen molar-refractivity contribution in [1.82, 2.24) is 4.98 Å². The minimum absolute atomic E-state index is 0.179. The molecule has 1 amide bonds. The van der Waals surface area contributed by atoms with Crippen LogP contribution in [0.1, 0.15) is 6.42 Å². The second-order valence-corrected chi connectivity index (χ2v) is 5.27. The quantitative estimate of drug-likeness (QED) is 0.934. The van der Waals surface area contributed by atoms with Crippen molar-refractivity contribution in [2.45, 2.75) is 16.3 Å². The zero-order valence-electron chi connectivity index (χ0n) is 10.3. The van der Waals surface area contributed by atoms with Gasteiger partial charge in [-0.25, -0.2) is 4.98 Å². The largest absolute Gasteiger partial charge is 0.325 e. The third-order valence-corrected chi connectivity index (χ3v) is 3.76. The number of hydrogen-bond donors (Lipinski definition) is 1. The molecule has 1 aromatic carbocycles. The van der Waals surface area contributed by atoms with E-state index in [0.29, 0.717) is 10.7 Å². The van der Waals surface area contributed by atoms with Gasteiger partial charge in [-0.15, -0.1) is 0 Å². The zero-order valence-corrected chi connectivity index (χ0v) is 11.9. The third-order valence-electron chi connectivity index (χ3n) is 2.31. The molecule has 1 N–H and O–H groups in total. The molecule has 0 fully saturated rings. The normalized spacial score (nSPS) is 9.80. The van der Waals surface area contributed by atoms with Gasteiger partial charge in [-0.3, -0.25) is 4.79 Å². The number of hydrogen-bond acceptors (Lipinski definition) is 4. The van der Waals surface area contributed by atoms with Crippen molar-refractivity contribution in [3.05, 3.63) is 47.6 Å². The molecule has 0 aliphatic heterocycles. The summed E-state index contributed by atoms with van der Waals surface area (Å²) in [6.07, 6.45) is 1.54. The van der Waals surface area contributed by atoms with E-state index in [9.17, 15) is 4.79 Å². The van der Waals surface area contributed by atoms with E-state index in [2.05, 4.69) is 10.3 Å². The van der Waals surface area contributed by atoms with Crippen LogP contribution in [0, 0.1) is 11.3 Å². The molecule has 0 aliphatic rings. The Morgan fingerprint density at radius 1 is 1.40 bits per heavy atom. The van der Waals surface area contributed by atoms with Gasteiger partial charge in [0.2, 0.25) is 5.91 Å². The minimum Gasteiger partial charge on any atom is -0.325 e. The molecule has 0 bridgehead atoms. The number of nitriles is 1. The number of halogens is 1. The Morgan fingerprint density at radius 3 is 2.90 bits per heavy atom. The molecule has 20 heavy (non-hydrogen) atoms. The van der Waals surface area contributed by atoms with Gasteiger partial charge in [0.05, 0.1) is 11.1 Å². The summed E-state index contributed by atoms with van der Waals surface area (Å²) in [5, 5.41) is 12.4. The molecule has 0 saturated heterocycles. The van der Waals surface area contributed by atoms with E-state index in [1.54, 1.807) is 24.4 Å². The van der Waals surface area contributed by atoms with Crippen LogP contribution in [0.15, 0.2) is 52.5 Å². The molecule has 4 nitrogen and oxygen atoms in total. The maximum Gasteiger partial charge on any atom is 0.238 e. The van der Waals surface area contributed by atoms with Crippen LogP contribution in [-0.2, 0) is 4.79 Å². The summed E-state index contributed by atoms with van der Waals surface area (Å²) >= 11 is 7.62. The fourth-order valence-electron chi connectivity index (χ4n) is 1.46. The molecule has 100 valence electrons. The monoisotopic (exact) mass is 303 g/mol. The summed E-state index contributed by atoms with van der Waals surface area (Å²) in [6, 6.07) is 12.6. The van der Waals surface area contributed by atoms with E-state index in [1.807, 2.05) is 24.3 Å². The highest BCUT2D eigenvalue weighted by atomic mass is 35.5. The van der Waals surface area contributed by atoms with Gasteiger partial charge >= 0.3 is 0 Å². The number of carbonyl (C=O) groups excluding carboxylic acids is 1. The van der Waals surface area contributed by atoms with Crippen LogP contribution < -0.4 is 5.32 Å². The molecule has 1 heterocycles. The number of pyridine rings is 1. The van der Waals surface area contributed by atoms with E-state index in [-0.39, 0.29) is 12.3 Å². The summed E-state index contributed by atoms with van der Waals surface area (Å²) < 4.78 is 0. The maximum absolute atomic E-state index is 11.3. The van der Waals surface area contributed by atoms with Crippen LogP contribution >= 0.6 is 23.4 Å². The lowest BCUT2D eigenvalue weighted by Gasteiger charge is -2.07. The number of amides is 1. The smallest absolute Gasteiger partial charge is 0.238 e. The molecule has 1 aromatic heterocycles. The van der Waals surface area contributed by atoms with Gasteiger partial charge in [0.15, 0.2) is 0 Å². The van der Waals surface area contributed by atoms with Crippen LogP contribution in [0.25, 0.3) is 0 Å². The van der Waals surface area contributed by atoms with Crippen LogP contribution in [0.3, 0.4) is 0 Å². The number of rotatable bonds is 4. The van der Waals surface area contributed by atoms with Crippen LogP contribution in [0.2, 0.25) is 5.02 Å². The van der Waals surface area contributed by atoms with Crippen molar-refractivity contribution in [3.63, 3.8) is 0 Å². The number of aromatic nitrogens is 1. The highest BCUT2D eigenvalue weighted by Gasteiger charge is 2.07. The van der Waals surface area contributed by atoms with Gasteiger partial charge in [-0.1, -0.05) is 29.4 Å². The summed E-state index contributed by atoms with van der Waals surface area (Å²) in [7, 11) is 0. The Kier molecular flexibility index (Phi) is 4.99. The van der Waals surface area contributed by atoms with Crippen molar-refractivity contribution in [2.75, 3.05) is 5.32 Å². The Bertz CT molecular complexity index is 655. The Morgan fingerprint density at radius 2 is 2.25 bits per heavy atom. The molecule has 0 unspecified atom stereocenters. The van der Waals surface area contributed by atoms with Crippen molar-refractivity contribution in [3.8, 4) is 6.07 Å². The molecule has 6 heteroatoms. The molecule has 0 saturated carbocycles. The van der Waals surface area contributed by atoms with Gasteiger partial charge in [-0.2, -0.15) is 5.26 Å². The van der Waals surface area contributed by atoms with Gasteiger partial charge in [0, 0.05) is 16.8 Å². The first-order chi connectivity index (χ1) is 9.69. The van der Waals surface area contributed by atoms with E-state index < -0.39 is 0 Å². The van der Waals surface area contributed by atoms with Crippen molar-refractivity contribution in [2.24, 2.45) is 0 Å². The predicted molar refractivity (Wildman–Crippen MR) is 78.7 cm³/mol. The highest BCUT2D eigenvalue weighted by molar-refractivity contribution is 7.99. The van der Waals surface area contributed by atoms with E-state index in [0.717, 1.165) is 9.92 Å². The van der Waals surface area contributed by atoms with Crippen LogP contribution in [0.4, 0.5) is 5.69 Å². The predicted octanol–water partition coefficient (Wildman–Crippen LogP) is 3.74. The molecule has 2 aromatic rings. The van der Waals surface area contributed by atoms with Gasteiger partial charge in [-0.05, 0) is 30.3 Å². The molecular weight excluding hydrogens is 294 g/mol. The second kappa shape index (κ2) is 6.94. The molecule has 0 atom stereocenters. The standard InChI is InChI=1S/C14H10ClN3OS/c15-11-9-10(18-13(19)6-7-16)4-5-12(11)20-14-3-1-2-8-17-14/h1-5,8-9H,6H2,(H,18,19). The average molecular weight is 304 g/mol. The van der Waals surface area contributed by atoms with E-state index in [1.165, 1.54) is 11.8 Å². The summed E-state index contributed by atoms with van der Waals surface area (Å²) in [5.74, 6) is -0.353. The second-order valence-electron chi connectivity index (χ2n) is 3.80. The van der Waals surface area contributed by atoms with Crippen LogP contribution in [0.5, 0.6) is 0 Å². The zero-order chi connectivity index (χ0) is 14.4. The molecule has 0 aliphatic carbocycles. The summed E-state index contributed by atoms with van der Waals surface area (Å²) in [4.78, 5) is 16.4. The lowest BCUT2D eigenvalue weighted by Crippen LogP contribution is -2.09. The lowest BCUT2D eigenvalue weighted by atomic mass is 10.3. The first-order valence-corrected chi connectivity index (χ1v) is 6.94. The van der Waals surface area contributed by atoms with E-state index >= 15 is 0 Å².